The molecule has 0 radical (unpaired) electrons. The van der Waals surface area contributed by atoms with Crippen LogP contribution in [0.1, 0.15) is 36.2 Å². The zero-order valence-corrected chi connectivity index (χ0v) is 18.9. The lowest BCUT2D eigenvalue weighted by molar-refractivity contribution is -0.131. The van der Waals surface area contributed by atoms with Crippen LogP contribution in [-0.2, 0) is 30.7 Å². The number of halogens is 2. The third kappa shape index (κ3) is 4.97. The number of nitrogens with zero attached hydrogens (tertiary/aromatic N) is 3. The topological polar surface area (TPSA) is 38.1 Å². The largest absolute Gasteiger partial charge is 0.338 e. The molecule has 0 spiro atoms. The summed E-state index contributed by atoms with van der Waals surface area (Å²) in [6, 6.07) is 13.8. The summed E-state index contributed by atoms with van der Waals surface area (Å²) in [5, 5.41) is 1.12. The summed E-state index contributed by atoms with van der Waals surface area (Å²) in [7, 11) is 0. The molecule has 4 nitrogen and oxygen atoms in total. The van der Waals surface area contributed by atoms with E-state index >= 15 is 0 Å². The number of carbonyl (C=O) groups excluding carboxylic acids is 1. The normalized spacial score (nSPS) is 15.2. The van der Waals surface area contributed by atoms with Crippen LogP contribution in [0.25, 0.3) is 11.3 Å². The van der Waals surface area contributed by atoms with Gasteiger partial charge in [0.15, 0.2) is 0 Å². The van der Waals surface area contributed by atoms with Gasteiger partial charge in [0.1, 0.15) is 5.82 Å². The van der Waals surface area contributed by atoms with E-state index in [0.29, 0.717) is 28.9 Å². The van der Waals surface area contributed by atoms with Gasteiger partial charge in [0, 0.05) is 47.9 Å². The molecule has 31 heavy (non-hydrogen) atoms. The van der Waals surface area contributed by atoms with Gasteiger partial charge in [-0.05, 0) is 60.6 Å². The summed E-state index contributed by atoms with van der Waals surface area (Å²) < 4.78 is 2.25. The highest BCUT2D eigenvalue weighted by atomic mass is 35.5. The average Bonchev–Trinajstić information content (AvgIpc) is 3.27. The molecule has 5 rings (SSSR count). The summed E-state index contributed by atoms with van der Waals surface area (Å²) in [4.78, 5) is 20.0. The maximum absolute atomic E-state index is 13.2. The lowest BCUT2D eigenvalue weighted by Gasteiger charge is -2.23. The molecule has 1 amide bonds. The Morgan fingerprint density at radius 1 is 1.10 bits per heavy atom. The van der Waals surface area contributed by atoms with Crippen molar-refractivity contribution in [3.8, 4) is 11.3 Å². The number of imidazole rings is 1. The minimum Gasteiger partial charge on any atom is -0.338 e. The molecule has 0 unspecified atom stereocenters. The first-order valence-electron chi connectivity index (χ1n) is 10.9. The van der Waals surface area contributed by atoms with Gasteiger partial charge in [-0.1, -0.05) is 41.4 Å². The Labute approximate surface area is 192 Å². The Morgan fingerprint density at radius 3 is 2.65 bits per heavy atom. The number of benzene rings is 2. The van der Waals surface area contributed by atoms with E-state index in [-0.39, 0.29) is 5.91 Å². The first kappa shape index (κ1) is 20.6. The zero-order valence-electron chi connectivity index (χ0n) is 17.4. The van der Waals surface area contributed by atoms with Crippen LogP contribution < -0.4 is 0 Å². The van der Waals surface area contributed by atoms with Gasteiger partial charge in [0.25, 0.3) is 0 Å². The summed E-state index contributed by atoms with van der Waals surface area (Å²) in [5.41, 5.74) is 4.11. The minimum absolute atomic E-state index is 0.108. The van der Waals surface area contributed by atoms with Crippen LogP contribution in [0, 0.1) is 5.92 Å². The third-order valence-corrected chi connectivity index (χ3v) is 6.50. The molecule has 0 N–H and O–H groups in total. The van der Waals surface area contributed by atoms with Gasteiger partial charge in [-0.15, -0.1) is 0 Å². The number of aryl methyl sites for hydroxylation is 2. The van der Waals surface area contributed by atoms with E-state index in [0.717, 1.165) is 41.9 Å². The molecule has 6 heteroatoms. The van der Waals surface area contributed by atoms with E-state index in [2.05, 4.69) is 35.0 Å². The molecule has 1 aromatic heterocycles. The summed E-state index contributed by atoms with van der Waals surface area (Å²) in [5.74, 6) is 1.90. The van der Waals surface area contributed by atoms with Gasteiger partial charge in [-0.2, -0.15) is 0 Å². The van der Waals surface area contributed by atoms with Crippen LogP contribution in [0.15, 0.2) is 48.7 Å². The van der Waals surface area contributed by atoms with Gasteiger partial charge in [0.05, 0.1) is 12.1 Å². The van der Waals surface area contributed by atoms with Gasteiger partial charge >= 0.3 is 0 Å². The van der Waals surface area contributed by atoms with Crippen molar-refractivity contribution in [1.82, 2.24) is 14.5 Å². The lowest BCUT2D eigenvalue weighted by Crippen LogP contribution is -2.33. The van der Waals surface area contributed by atoms with E-state index in [9.17, 15) is 4.79 Å². The molecular weight excluding hydrogens is 429 g/mol. The highest BCUT2D eigenvalue weighted by Crippen LogP contribution is 2.31. The third-order valence-electron chi connectivity index (χ3n) is 6.06. The van der Waals surface area contributed by atoms with Crippen molar-refractivity contribution in [3.63, 3.8) is 0 Å². The fourth-order valence-electron chi connectivity index (χ4n) is 4.31. The maximum Gasteiger partial charge on any atom is 0.227 e. The van der Waals surface area contributed by atoms with E-state index in [4.69, 9.17) is 28.2 Å². The SMILES string of the molecule is O=C(Cc1cc(Cl)cc(Cl)c1)N(Cc1cccc(-c2cn3c(n2)CCC3)c1)CC1CC1. The van der Waals surface area contributed by atoms with Crippen LogP contribution in [0.2, 0.25) is 10.0 Å². The quantitative estimate of drug-likeness (QED) is 0.454. The van der Waals surface area contributed by atoms with Gasteiger partial charge in [0.2, 0.25) is 5.91 Å². The second-order valence-electron chi connectivity index (χ2n) is 8.71. The Kier molecular flexibility index (Phi) is 5.77. The number of rotatable bonds is 7. The van der Waals surface area contributed by atoms with E-state index in [1.165, 1.54) is 25.1 Å². The zero-order chi connectivity index (χ0) is 21.4. The van der Waals surface area contributed by atoms with Crippen molar-refractivity contribution in [1.29, 1.82) is 0 Å². The lowest BCUT2D eigenvalue weighted by atomic mass is 10.1. The molecule has 1 aliphatic heterocycles. The molecular formula is C25H25Cl2N3O. The number of fused-ring (bicyclic) bond motifs is 1. The molecule has 2 aromatic carbocycles. The summed E-state index contributed by atoms with van der Waals surface area (Å²) in [6.07, 6.45) is 7.09. The van der Waals surface area contributed by atoms with Crippen molar-refractivity contribution in [2.24, 2.45) is 5.92 Å². The monoisotopic (exact) mass is 453 g/mol. The second kappa shape index (κ2) is 8.68. The second-order valence-corrected chi connectivity index (χ2v) is 9.58. The number of aromatic nitrogens is 2. The average molecular weight is 454 g/mol. The minimum atomic E-state index is 0.108. The molecule has 1 aliphatic carbocycles. The van der Waals surface area contributed by atoms with Crippen molar-refractivity contribution in [2.45, 2.75) is 45.2 Å². The molecule has 160 valence electrons. The molecule has 1 saturated carbocycles. The van der Waals surface area contributed by atoms with Crippen LogP contribution in [0.3, 0.4) is 0 Å². The molecule has 0 atom stereocenters. The summed E-state index contributed by atoms with van der Waals surface area (Å²) in [6.45, 7) is 2.46. The van der Waals surface area contributed by atoms with Crippen molar-refractivity contribution < 1.29 is 4.79 Å². The Bertz CT molecular complexity index is 1080. The predicted octanol–water partition coefficient (Wildman–Crippen LogP) is 5.78. The van der Waals surface area contributed by atoms with Crippen molar-refractivity contribution in [2.75, 3.05) is 6.54 Å². The Morgan fingerprint density at radius 2 is 1.90 bits per heavy atom. The Balaban J connectivity index is 1.34. The molecule has 1 fully saturated rings. The van der Waals surface area contributed by atoms with Gasteiger partial charge in [-0.3, -0.25) is 4.79 Å². The standard InChI is InChI=1S/C25H25Cl2N3O/c26-21-10-19(11-22(27)13-21)12-25(31)30(14-17-6-7-17)15-18-3-1-4-20(9-18)23-16-29-8-2-5-24(29)28-23/h1,3-4,9-11,13,16-17H,2,5-8,12,14-15H2. The molecule has 2 heterocycles. The highest BCUT2D eigenvalue weighted by molar-refractivity contribution is 6.34. The smallest absolute Gasteiger partial charge is 0.227 e. The van der Waals surface area contributed by atoms with E-state index in [1.54, 1.807) is 6.07 Å². The number of carbonyl (C=O) groups is 1. The summed E-state index contributed by atoms with van der Waals surface area (Å²) >= 11 is 12.2. The molecule has 2 aliphatic rings. The van der Waals surface area contributed by atoms with Crippen LogP contribution in [0.5, 0.6) is 0 Å². The fourth-order valence-corrected chi connectivity index (χ4v) is 4.88. The van der Waals surface area contributed by atoms with Gasteiger partial charge < -0.3 is 9.47 Å². The molecule has 0 saturated heterocycles. The fraction of sp³-hybridized carbons (Fsp3) is 0.360. The number of hydrogen-bond donors (Lipinski definition) is 0. The molecule has 3 aromatic rings. The van der Waals surface area contributed by atoms with Crippen molar-refractivity contribution >= 4 is 29.1 Å². The highest BCUT2D eigenvalue weighted by Gasteiger charge is 2.27. The molecule has 0 bridgehead atoms. The van der Waals surface area contributed by atoms with E-state index in [1.807, 2.05) is 17.0 Å². The van der Waals surface area contributed by atoms with E-state index < -0.39 is 0 Å². The predicted molar refractivity (Wildman–Crippen MR) is 124 cm³/mol. The first-order valence-corrected chi connectivity index (χ1v) is 11.7. The number of hydrogen-bond acceptors (Lipinski definition) is 2. The van der Waals surface area contributed by atoms with Crippen molar-refractivity contribution in [3.05, 3.63) is 75.7 Å². The van der Waals surface area contributed by atoms with Crippen LogP contribution in [-0.4, -0.2) is 26.9 Å². The van der Waals surface area contributed by atoms with Gasteiger partial charge in [-0.25, -0.2) is 4.98 Å². The number of amides is 1. The maximum atomic E-state index is 13.2. The first-order chi connectivity index (χ1) is 15.0. The Hall–Kier alpha value is -2.30. The van der Waals surface area contributed by atoms with Crippen LogP contribution >= 0.6 is 23.2 Å². The van der Waals surface area contributed by atoms with Crippen LogP contribution in [0.4, 0.5) is 0 Å².